The SMILES string of the molecule is CC(C)(CN)OCCC(C)(C)OCC=O. The van der Waals surface area contributed by atoms with Crippen molar-refractivity contribution in [2.45, 2.75) is 45.3 Å². The van der Waals surface area contributed by atoms with E-state index in [9.17, 15) is 4.79 Å². The monoisotopic (exact) mass is 217 g/mol. The Morgan fingerprint density at radius 2 is 1.73 bits per heavy atom. The van der Waals surface area contributed by atoms with Gasteiger partial charge in [0.15, 0.2) is 0 Å². The standard InChI is InChI=1S/C11H23NO3/c1-10(2,15-8-6-13)5-7-14-11(3,4)9-12/h6H,5,7-9,12H2,1-4H3. The van der Waals surface area contributed by atoms with Crippen LogP contribution in [0, 0.1) is 0 Å². The van der Waals surface area contributed by atoms with Gasteiger partial charge in [-0.1, -0.05) is 0 Å². The molecule has 0 aliphatic carbocycles. The third kappa shape index (κ3) is 7.48. The van der Waals surface area contributed by atoms with E-state index in [0.717, 1.165) is 12.7 Å². The minimum Gasteiger partial charge on any atom is -0.374 e. The van der Waals surface area contributed by atoms with Crippen molar-refractivity contribution in [3.63, 3.8) is 0 Å². The molecule has 0 bridgehead atoms. The molecule has 90 valence electrons. The fourth-order valence-electron chi connectivity index (χ4n) is 0.964. The van der Waals surface area contributed by atoms with Crippen LogP contribution in [-0.2, 0) is 14.3 Å². The number of carbonyl (C=O) groups is 1. The smallest absolute Gasteiger partial charge is 0.145 e. The van der Waals surface area contributed by atoms with E-state index < -0.39 is 0 Å². The summed E-state index contributed by atoms with van der Waals surface area (Å²) in [7, 11) is 0. The van der Waals surface area contributed by atoms with Gasteiger partial charge in [-0.05, 0) is 34.1 Å². The first kappa shape index (κ1) is 14.6. The Morgan fingerprint density at radius 1 is 1.13 bits per heavy atom. The summed E-state index contributed by atoms with van der Waals surface area (Å²) >= 11 is 0. The van der Waals surface area contributed by atoms with Gasteiger partial charge in [0.1, 0.15) is 12.9 Å². The highest BCUT2D eigenvalue weighted by Crippen LogP contribution is 2.16. The second-order valence-electron chi connectivity index (χ2n) is 4.80. The summed E-state index contributed by atoms with van der Waals surface area (Å²) in [6.45, 7) is 8.98. The van der Waals surface area contributed by atoms with Gasteiger partial charge >= 0.3 is 0 Å². The van der Waals surface area contributed by atoms with Gasteiger partial charge in [0, 0.05) is 6.54 Å². The van der Waals surface area contributed by atoms with E-state index in [4.69, 9.17) is 15.2 Å². The molecule has 4 heteroatoms. The minimum absolute atomic E-state index is 0.132. The molecule has 0 unspecified atom stereocenters. The molecule has 0 atom stereocenters. The van der Waals surface area contributed by atoms with Gasteiger partial charge in [0.2, 0.25) is 0 Å². The molecule has 0 fully saturated rings. The summed E-state index contributed by atoms with van der Waals surface area (Å²) in [5, 5.41) is 0. The maximum atomic E-state index is 10.2. The fourth-order valence-corrected chi connectivity index (χ4v) is 0.964. The Labute approximate surface area is 92.1 Å². The van der Waals surface area contributed by atoms with Gasteiger partial charge in [-0.3, -0.25) is 0 Å². The molecule has 0 aliphatic rings. The number of rotatable bonds is 8. The molecule has 0 aromatic heterocycles. The minimum atomic E-state index is -0.328. The molecule has 0 heterocycles. The summed E-state index contributed by atoms with van der Waals surface area (Å²) < 4.78 is 10.9. The van der Waals surface area contributed by atoms with Crippen molar-refractivity contribution in [1.82, 2.24) is 0 Å². The lowest BCUT2D eigenvalue weighted by atomic mass is 10.1. The molecule has 0 amide bonds. The zero-order chi connectivity index (χ0) is 11.9. The van der Waals surface area contributed by atoms with Crippen molar-refractivity contribution in [3.8, 4) is 0 Å². The lowest BCUT2D eigenvalue weighted by Gasteiger charge is -2.28. The molecule has 0 aliphatic heterocycles. The van der Waals surface area contributed by atoms with Crippen LogP contribution in [0.25, 0.3) is 0 Å². The van der Waals surface area contributed by atoms with Crippen LogP contribution in [0.2, 0.25) is 0 Å². The van der Waals surface area contributed by atoms with Crippen molar-refractivity contribution in [2.75, 3.05) is 19.8 Å². The van der Waals surface area contributed by atoms with Crippen LogP contribution in [-0.4, -0.2) is 37.2 Å². The topological polar surface area (TPSA) is 61.6 Å². The van der Waals surface area contributed by atoms with Crippen LogP contribution in [0.1, 0.15) is 34.1 Å². The number of hydrogen-bond donors (Lipinski definition) is 1. The van der Waals surface area contributed by atoms with E-state index >= 15 is 0 Å². The molecular weight excluding hydrogens is 194 g/mol. The van der Waals surface area contributed by atoms with E-state index in [1.165, 1.54) is 0 Å². The molecule has 0 aromatic carbocycles. The van der Waals surface area contributed by atoms with Crippen LogP contribution in [0.5, 0.6) is 0 Å². The zero-order valence-electron chi connectivity index (χ0n) is 10.2. The van der Waals surface area contributed by atoms with E-state index in [1.54, 1.807) is 0 Å². The molecule has 4 nitrogen and oxygen atoms in total. The Hall–Kier alpha value is -0.450. The maximum Gasteiger partial charge on any atom is 0.145 e. The van der Waals surface area contributed by atoms with Gasteiger partial charge in [-0.2, -0.15) is 0 Å². The molecule has 15 heavy (non-hydrogen) atoms. The van der Waals surface area contributed by atoms with E-state index in [0.29, 0.717) is 13.2 Å². The Morgan fingerprint density at radius 3 is 2.20 bits per heavy atom. The Kier molecular flexibility index (Phi) is 6.02. The van der Waals surface area contributed by atoms with Gasteiger partial charge in [0.05, 0.1) is 17.8 Å². The number of aldehydes is 1. The first-order valence-electron chi connectivity index (χ1n) is 5.24. The quantitative estimate of drug-likeness (QED) is 0.619. The second kappa shape index (κ2) is 6.20. The van der Waals surface area contributed by atoms with Gasteiger partial charge in [-0.25, -0.2) is 0 Å². The number of carbonyl (C=O) groups excluding carboxylic acids is 1. The van der Waals surface area contributed by atoms with Crippen molar-refractivity contribution in [2.24, 2.45) is 5.73 Å². The number of hydrogen-bond acceptors (Lipinski definition) is 4. The first-order chi connectivity index (χ1) is 6.83. The highest BCUT2D eigenvalue weighted by atomic mass is 16.5. The van der Waals surface area contributed by atoms with Crippen molar-refractivity contribution in [1.29, 1.82) is 0 Å². The van der Waals surface area contributed by atoms with Gasteiger partial charge < -0.3 is 20.0 Å². The molecule has 0 radical (unpaired) electrons. The van der Waals surface area contributed by atoms with Gasteiger partial charge in [-0.15, -0.1) is 0 Å². The summed E-state index contributed by atoms with van der Waals surface area (Å²) in [4.78, 5) is 10.2. The molecular formula is C11H23NO3. The maximum absolute atomic E-state index is 10.2. The van der Waals surface area contributed by atoms with Crippen LogP contribution >= 0.6 is 0 Å². The first-order valence-corrected chi connectivity index (χ1v) is 5.24. The molecule has 0 aromatic rings. The third-order valence-corrected chi connectivity index (χ3v) is 2.23. The van der Waals surface area contributed by atoms with Crippen molar-refractivity contribution in [3.05, 3.63) is 0 Å². The van der Waals surface area contributed by atoms with Crippen LogP contribution in [0.4, 0.5) is 0 Å². The van der Waals surface area contributed by atoms with Crippen LogP contribution in [0.3, 0.4) is 0 Å². The highest BCUT2D eigenvalue weighted by Gasteiger charge is 2.21. The normalized spacial score (nSPS) is 12.9. The summed E-state index contributed by atoms with van der Waals surface area (Å²) in [5.74, 6) is 0. The van der Waals surface area contributed by atoms with Crippen molar-refractivity contribution >= 4 is 6.29 Å². The third-order valence-electron chi connectivity index (χ3n) is 2.23. The summed E-state index contributed by atoms with van der Waals surface area (Å²) in [6.07, 6.45) is 1.50. The van der Waals surface area contributed by atoms with E-state index in [-0.39, 0.29) is 17.8 Å². The predicted molar refractivity (Wildman–Crippen MR) is 59.8 cm³/mol. The van der Waals surface area contributed by atoms with Crippen LogP contribution < -0.4 is 5.73 Å². The average Bonchev–Trinajstić information content (AvgIpc) is 2.14. The molecule has 0 saturated heterocycles. The van der Waals surface area contributed by atoms with E-state index in [1.807, 2.05) is 27.7 Å². The Bertz CT molecular complexity index is 190. The highest BCUT2D eigenvalue weighted by molar-refractivity contribution is 5.50. The van der Waals surface area contributed by atoms with Crippen LogP contribution in [0.15, 0.2) is 0 Å². The Balaban J connectivity index is 3.78. The lowest BCUT2D eigenvalue weighted by Crippen LogP contribution is -2.36. The number of nitrogens with two attached hydrogens (primary N) is 1. The second-order valence-corrected chi connectivity index (χ2v) is 4.80. The summed E-state index contributed by atoms with van der Waals surface area (Å²) in [6, 6.07) is 0. The van der Waals surface area contributed by atoms with Crippen molar-refractivity contribution < 1.29 is 14.3 Å². The fraction of sp³-hybridized carbons (Fsp3) is 0.909. The number of ether oxygens (including phenoxy) is 2. The predicted octanol–water partition coefficient (Wildman–Crippen LogP) is 1.12. The molecule has 0 rings (SSSR count). The molecule has 0 spiro atoms. The molecule has 0 saturated carbocycles. The largest absolute Gasteiger partial charge is 0.374 e. The zero-order valence-corrected chi connectivity index (χ0v) is 10.2. The lowest BCUT2D eigenvalue weighted by molar-refractivity contribution is -0.120. The summed E-state index contributed by atoms with van der Waals surface area (Å²) in [5.41, 5.74) is 4.92. The van der Waals surface area contributed by atoms with E-state index in [2.05, 4.69) is 0 Å². The van der Waals surface area contributed by atoms with Gasteiger partial charge in [0.25, 0.3) is 0 Å². The molecule has 2 N–H and O–H groups in total. The average molecular weight is 217 g/mol.